The number of unbranched alkanes of at least 4 members (excludes halogenated alkanes) is 17. The van der Waals surface area contributed by atoms with Crippen LogP contribution in [0.25, 0.3) is 0 Å². The molecule has 0 bridgehead atoms. The van der Waals surface area contributed by atoms with Gasteiger partial charge in [0, 0.05) is 12.8 Å². The molecule has 0 amide bonds. The molecular formula is C49H84O10. The Bertz CT molecular complexity index is 1150. The quantitative estimate of drug-likeness (QED) is 0.0269. The molecule has 10 heteroatoms. The number of aliphatic hydroxyl groups is 4. The first kappa shape index (κ1) is 54.4. The molecule has 0 saturated carbocycles. The van der Waals surface area contributed by atoms with Crippen molar-refractivity contribution in [3.63, 3.8) is 0 Å². The number of allylic oxidation sites excluding steroid dienone is 10. The van der Waals surface area contributed by atoms with E-state index in [0.717, 1.165) is 44.9 Å². The van der Waals surface area contributed by atoms with Crippen molar-refractivity contribution in [1.82, 2.24) is 0 Å². The SMILES string of the molecule is CCCCC/C=C/C/C=C/C/C=C/C/C=C/C/C=C/CCC(=O)O[C@H](COC(=O)CCCCCCCCCCCCCCCCC)CO[C@@H]1O[C@H](CO)[C@H](O)C(O)C1O. The summed E-state index contributed by atoms with van der Waals surface area (Å²) >= 11 is 0. The van der Waals surface area contributed by atoms with Crippen LogP contribution in [-0.2, 0) is 28.5 Å². The number of rotatable bonds is 38. The van der Waals surface area contributed by atoms with Gasteiger partial charge in [-0.2, -0.15) is 0 Å². The van der Waals surface area contributed by atoms with Gasteiger partial charge in [0.1, 0.15) is 31.0 Å². The topological polar surface area (TPSA) is 152 Å². The highest BCUT2D eigenvalue weighted by atomic mass is 16.7. The Morgan fingerprint density at radius 2 is 0.983 bits per heavy atom. The minimum atomic E-state index is -1.61. The zero-order valence-corrected chi connectivity index (χ0v) is 37.0. The van der Waals surface area contributed by atoms with E-state index in [1.807, 2.05) is 12.2 Å². The van der Waals surface area contributed by atoms with Crippen LogP contribution in [0.4, 0.5) is 0 Å². The van der Waals surface area contributed by atoms with E-state index in [1.54, 1.807) is 0 Å². The predicted octanol–water partition coefficient (Wildman–Crippen LogP) is 10.2. The number of carbonyl (C=O) groups is 2. The van der Waals surface area contributed by atoms with Gasteiger partial charge in [0.15, 0.2) is 12.4 Å². The van der Waals surface area contributed by atoms with E-state index in [0.29, 0.717) is 6.42 Å². The third-order valence-corrected chi connectivity index (χ3v) is 10.4. The first-order valence-electron chi connectivity index (χ1n) is 23.4. The van der Waals surface area contributed by atoms with Crippen molar-refractivity contribution < 1.29 is 49.0 Å². The molecule has 340 valence electrons. The molecule has 0 radical (unpaired) electrons. The number of carbonyl (C=O) groups excluding carboxylic acids is 2. The summed E-state index contributed by atoms with van der Waals surface area (Å²) in [5, 5.41) is 40.1. The van der Waals surface area contributed by atoms with Gasteiger partial charge in [0.2, 0.25) is 0 Å². The lowest BCUT2D eigenvalue weighted by Crippen LogP contribution is -2.59. The molecular weight excluding hydrogens is 749 g/mol. The number of aliphatic hydroxyl groups excluding tert-OH is 4. The largest absolute Gasteiger partial charge is 0.462 e. The monoisotopic (exact) mass is 833 g/mol. The van der Waals surface area contributed by atoms with Crippen LogP contribution in [0.3, 0.4) is 0 Å². The lowest BCUT2D eigenvalue weighted by atomic mass is 9.99. The fourth-order valence-electron chi connectivity index (χ4n) is 6.70. The molecule has 1 rings (SSSR count). The first-order chi connectivity index (χ1) is 28.8. The third kappa shape index (κ3) is 31.0. The van der Waals surface area contributed by atoms with Crippen molar-refractivity contribution in [2.75, 3.05) is 19.8 Å². The average Bonchev–Trinajstić information content (AvgIpc) is 3.23. The summed E-state index contributed by atoms with van der Waals surface area (Å²) in [7, 11) is 0. The summed E-state index contributed by atoms with van der Waals surface area (Å²) < 4.78 is 22.1. The van der Waals surface area contributed by atoms with Gasteiger partial charge in [-0.25, -0.2) is 0 Å². The molecule has 0 spiro atoms. The molecule has 0 aromatic carbocycles. The Balaban J connectivity index is 2.38. The standard InChI is InChI=1S/C49H84O10/c1-3-5-7-9-11-13-15-17-19-20-21-22-24-26-28-30-32-34-36-38-45(52)58-42(41-57-49-48(55)47(54)46(53)43(39-50)59-49)40-56-44(51)37-35-33-31-29-27-25-23-18-16-14-12-10-8-6-4-2/h11,13,17,19,21-22,26,28,32,34,42-43,46-50,53-55H,3-10,12,14-16,18,20,23-25,27,29-31,33,35-41H2,1-2H3/b13-11+,19-17+,22-21+,28-26+,34-32+/t42-,43-,46+,47?,48?,49-/m1/s1. The summed E-state index contributed by atoms with van der Waals surface area (Å²) in [6, 6.07) is 0. The smallest absolute Gasteiger partial charge is 0.306 e. The van der Waals surface area contributed by atoms with Crippen molar-refractivity contribution in [3.8, 4) is 0 Å². The summed E-state index contributed by atoms with van der Waals surface area (Å²) in [4.78, 5) is 25.3. The lowest BCUT2D eigenvalue weighted by Gasteiger charge is -2.39. The molecule has 1 aliphatic rings. The summed E-state index contributed by atoms with van der Waals surface area (Å²) in [6.07, 6.45) is 40.9. The van der Waals surface area contributed by atoms with Crippen molar-refractivity contribution in [2.24, 2.45) is 0 Å². The van der Waals surface area contributed by atoms with Gasteiger partial charge in [0.05, 0.1) is 13.2 Å². The Morgan fingerprint density at radius 1 is 0.525 bits per heavy atom. The van der Waals surface area contributed by atoms with E-state index in [4.69, 9.17) is 18.9 Å². The zero-order chi connectivity index (χ0) is 43.0. The molecule has 10 nitrogen and oxygen atoms in total. The minimum absolute atomic E-state index is 0.106. The first-order valence-corrected chi connectivity index (χ1v) is 23.4. The molecule has 1 heterocycles. The van der Waals surface area contributed by atoms with Crippen LogP contribution < -0.4 is 0 Å². The summed E-state index contributed by atoms with van der Waals surface area (Å²) in [5.41, 5.74) is 0. The van der Waals surface area contributed by atoms with Gasteiger partial charge in [-0.15, -0.1) is 0 Å². The normalized spacial score (nSPS) is 20.5. The second-order valence-electron chi connectivity index (χ2n) is 15.9. The van der Waals surface area contributed by atoms with Crippen molar-refractivity contribution in [2.45, 2.75) is 218 Å². The van der Waals surface area contributed by atoms with E-state index in [-0.39, 0.29) is 26.1 Å². The van der Waals surface area contributed by atoms with E-state index >= 15 is 0 Å². The highest BCUT2D eigenvalue weighted by Crippen LogP contribution is 2.22. The van der Waals surface area contributed by atoms with Crippen LogP contribution in [0.1, 0.15) is 181 Å². The Hall–Kier alpha value is -2.60. The molecule has 1 fully saturated rings. The number of esters is 2. The van der Waals surface area contributed by atoms with E-state index < -0.39 is 55.4 Å². The average molecular weight is 833 g/mol. The molecule has 0 aromatic heterocycles. The van der Waals surface area contributed by atoms with E-state index in [1.165, 1.54) is 103 Å². The van der Waals surface area contributed by atoms with E-state index in [9.17, 15) is 30.0 Å². The van der Waals surface area contributed by atoms with Crippen LogP contribution >= 0.6 is 0 Å². The van der Waals surface area contributed by atoms with Crippen LogP contribution in [-0.4, -0.2) is 89.0 Å². The van der Waals surface area contributed by atoms with Gasteiger partial charge in [-0.1, -0.05) is 177 Å². The molecule has 6 atom stereocenters. The Kier molecular flexibility index (Phi) is 36.5. The van der Waals surface area contributed by atoms with Gasteiger partial charge in [-0.05, 0) is 51.4 Å². The van der Waals surface area contributed by atoms with Gasteiger partial charge in [0.25, 0.3) is 0 Å². The lowest BCUT2D eigenvalue weighted by molar-refractivity contribution is -0.305. The number of hydrogen-bond donors (Lipinski definition) is 4. The molecule has 0 aliphatic carbocycles. The Labute approximate surface area is 358 Å². The molecule has 1 aliphatic heterocycles. The zero-order valence-electron chi connectivity index (χ0n) is 37.0. The molecule has 4 N–H and O–H groups in total. The van der Waals surface area contributed by atoms with Crippen LogP contribution in [0, 0.1) is 0 Å². The third-order valence-electron chi connectivity index (χ3n) is 10.4. The fourth-order valence-corrected chi connectivity index (χ4v) is 6.70. The molecule has 1 saturated heterocycles. The minimum Gasteiger partial charge on any atom is -0.462 e. The van der Waals surface area contributed by atoms with Crippen LogP contribution in [0.2, 0.25) is 0 Å². The predicted molar refractivity (Wildman–Crippen MR) is 238 cm³/mol. The van der Waals surface area contributed by atoms with Crippen molar-refractivity contribution in [1.29, 1.82) is 0 Å². The Morgan fingerprint density at radius 3 is 1.49 bits per heavy atom. The highest BCUT2D eigenvalue weighted by Gasteiger charge is 2.44. The second-order valence-corrected chi connectivity index (χ2v) is 15.9. The van der Waals surface area contributed by atoms with E-state index in [2.05, 4.69) is 62.5 Å². The molecule has 59 heavy (non-hydrogen) atoms. The van der Waals surface area contributed by atoms with Gasteiger partial charge in [-0.3, -0.25) is 9.59 Å². The maximum atomic E-state index is 12.7. The molecule has 0 aromatic rings. The van der Waals surface area contributed by atoms with Gasteiger partial charge < -0.3 is 39.4 Å². The molecule has 2 unspecified atom stereocenters. The van der Waals surface area contributed by atoms with Crippen molar-refractivity contribution in [3.05, 3.63) is 60.8 Å². The fraction of sp³-hybridized carbons (Fsp3) is 0.755. The van der Waals surface area contributed by atoms with Crippen molar-refractivity contribution >= 4 is 11.9 Å². The van der Waals surface area contributed by atoms with Crippen LogP contribution in [0.5, 0.6) is 0 Å². The number of ether oxygens (including phenoxy) is 4. The highest BCUT2D eigenvalue weighted by molar-refractivity contribution is 5.70. The van der Waals surface area contributed by atoms with Gasteiger partial charge >= 0.3 is 11.9 Å². The maximum Gasteiger partial charge on any atom is 0.306 e. The maximum absolute atomic E-state index is 12.7. The number of hydrogen-bond acceptors (Lipinski definition) is 10. The summed E-state index contributed by atoms with van der Waals surface area (Å²) in [6.45, 7) is 3.32. The summed E-state index contributed by atoms with van der Waals surface area (Å²) in [5.74, 6) is -0.901. The van der Waals surface area contributed by atoms with Crippen LogP contribution in [0.15, 0.2) is 60.8 Å². The second kappa shape index (κ2) is 39.5.